The Morgan fingerprint density at radius 2 is 1.96 bits per heavy atom. The molecule has 0 radical (unpaired) electrons. The molecule has 2 N–H and O–H groups in total. The number of rotatable bonds is 7. The Kier molecular flexibility index (Phi) is 6.30. The van der Waals surface area contributed by atoms with Gasteiger partial charge in [0.05, 0.1) is 18.4 Å². The lowest BCUT2D eigenvalue weighted by atomic mass is 10.1. The van der Waals surface area contributed by atoms with E-state index in [-0.39, 0.29) is 17.1 Å². The number of nitrogens with one attached hydrogen (secondary N) is 1. The molecule has 0 aromatic heterocycles. The maximum Gasteiger partial charge on any atom is 0.335 e. The molecule has 0 bridgehead atoms. The van der Waals surface area contributed by atoms with Gasteiger partial charge >= 0.3 is 5.97 Å². The summed E-state index contributed by atoms with van der Waals surface area (Å²) in [5.41, 5.74) is 2.22. The Labute approximate surface area is 148 Å². The predicted molar refractivity (Wildman–Crippen MR) is 96.5 cm³/mol. The van der Waals surface area contributed by atoms with Crippen molar-refractivity contribution < 1.29 is 23.6 Å². The van der Waals surface area contributed by atoms with Crippen molar-refractivity contribution in [3.05, 3.63) is 59.2 Å². The molecular weight excluding hydrogens is 342 g/mol. The van der Waals surface area contributed by atoms with Gasteiger partial charge in [0, 0.05) is 16.6 Å². The fraction of sp³-hybridized carbons (Fsp3) is 0.222. The van der Waals surface area contributed by atoms with E-state index >= 15 is 0 Å². The van der Waals surface area contributed by atoms with Crippen molar-refractivity contribution in [2.24, 2.45) is 0 Å². The van der Waals surface area contributed by atoms with Gasteiger partial charge in [-0.2, -0.15) is 0 Å². The van der Waals surface area contributed by atoms with Crippen molar-refractivity contribution in [1.29, 1.82) is 0 Å². The topological polar surface area (TPSA) is 92.7 Å². The van der Waals surface area contributed by atoms with Crippen LogP contribution >= 0.6 is 0 Å². The second-order valence-corrected chi connectivity index (χ2v) is 6.94. The molecular formula is C18H19NO5S. The zero-order chi connectivity index (χ0) is 18.4. The number of amides is 1. The highest BCUT2D eigenvalue weighted by molar-refractivity contribution is 7.84. The molecule has 0 aliphatic rings. The zero-order valence-electron chi connectivity index (χ0n) is 13.9. The summed E-state index contributed by atoms with van der Waals surface area (Å²) in [5, 5.41) is 11.7. The molecule has 0 saturated heterocycles. The summed E-state index contributed by atoms with van der Waals surface area (Å²) in [4.78, 5) is 23.1. The van der Waals surface area contributed by atoms with Gasteiger partial charge in [0.15, 0.2) is 0 Å². The summed E-state index contributed by atoms with van der Waals surface area (Å²) in [6, 6.07) is 11.6. The largest absolute Gasteiger partial charge is 0.495 e. The van der Waals surface area contributed by atoms with Crippen molar-refractivity contribution in [3.63, 3.8) is 0 Å². The van der Waals surface area contributed by atoms with Gasteiger partial charge in [0.25, 0.3) is 0 Å². The SMILES string of the molecule is COc1ccc(C)cc1NC(=O)CS(=O)Cc1cccc(C(=O)O)c1. The van der Waals surface area contributed by atoms with E-state index in [2.05, 4.69) is 5.32 Å². The number of carbonyl (C=O) groups excluding carboxylic acids is 1. The summed E-state index contributed by atoms with van der Waals surface area (Å²) in [6.45, 7) is 1.89. The Morgan fingerprint density at radius 1 is 1.20 bits per heavy atom. The van der Waals surface area contributed by atoms with Gasteiger partial charge in [-0.25, -0.2) is 4.79 Å². The van der Waals surface area contributed by atoms with E-state index in [1.807, 2.05) is 13.0 Å². The van der Waals surface area contributed by atoms with Crippen molar-refractivity contribution in [1.82, 2.24) is 0 Å². The van der Waals surface area contributed by atoms with Crippen LogP contribution in [-0.4, -0.2) is 34.1 Å². The highest BCUT2D eigenvalue weighted by Gasteiger charge is 2.13. The molecule has 0 fully saturated rings. The summed E-state index contributed by atoms with van der Waals surface area (Å²) in [5.74, 6) is -0.985. The molecule has 25 heavy (non-hydrogen) atoms. The zero-order valence-corrected chi connectivity index (χ0v) is 14.8. The van der Waals surface area contributed by atoms with Crippen LogP contribution in [0.15, 0.2) is 42.5 Å². The Bertz CT molecular complexity index is 819. The second kappa shape index (κ2) is 8.43. The molecule has 0 aliphatic carbocycles. The Morgan fingerprint density at radius 3 is 2.64 bits per heavy atom. The number of anilines is 1. The minimum absolute atomic E-state index is 0.111. The van der Waals surface area contributed by atoms with Crippen molar-refractivity contribution >= 4 is 28.4 Å². The number of carbonyl (C=O) groups is 2. The van der Waals surface area contributed by atoms with E-state index in [4.69, 9.17) is 9.84 Å². The molecule has 0 aliphatic heterocycles. The first-order valence-corrected chi connectivity index (χ1v) is 8.99. The molecule has 6 nitrogen and oxygen atoms in total. The van der Waals surface area contributed by atoms with E-state index in [0.717, 1.165) is 5.56 Å². The predicted octanol–water partition coefficient (Wildman–Crippen LogP) is 2.59. The van der Waals surface area contributed by atoms with E-state index in [0.29, 0.717) is 17.0 Å². The van der Waals surface area contributed by atoms with Crippen LogP contribution in [-0.2, 0) is 21.3 Å². The molecule has 1 amide bonds. The van der Waals surface area contributed by atoms with E-state index in [9.17, 15) is 13.8 Å². The molecule has 2 aromatic carbocycles. The molecule has 1 atom stereocenters. The number of carboxylic acids is 1. The van der Waals surface area contributed by atoms with Gasteiger partial charge in [-0.1, -0.05) is 18.2 Å². The molecule has 1 unspecified atom stereocenters. The van der Waals surface area contributed by atoms with Gasteiger partial charge < -0.3 is 15.2 Å². The second-order valence-electron chi connectivity index (χ2n) is 5.49. The van der Waals surface area contributed by atoms with Crippen molar-refractivity contribution in [3.8, 4) is 5.75 Å². The number of hydrogen-bond donors (Lipinski definition) is 2. The summed E-state index contributed by atoms with van der Waals surface area (Å²) < 4.78 is 17.4. The Balaban J connectivity index is 1.99. The number of ether oxygens (including phenoxy) is 1. The summed E-state index contributed by atoms with van der Waals surface area (Å²) in [7, 11) is 0.0519. The number of carboxylic acid groups (broad SMARTS) is 1. The van der Waals surface area contributed by atoms with Crippen LogP contribution in [0.2, 0.25) is 0 Å². The van der Waals surface area contributed by atoms with Crippen LogP contribution in [0.5, 0.6) is 5.75 Å². The van der Waals surface area contributed by atoms with Gasteiger partial charge in [-0.3, -0.25) is 9.00 Å². The molecule has 2 aromatic rings. The number of methoxy groups -OCH3 is 1. The number of aromatic carboxylic acids is 1. The van der Waals surface area contributed by atoms with Crippen molar-refractivity contribution in [2.75, 3.05) is 18.2 Å². The van der Waals surface area contributed by atoms with Crippen molar-refractivity contribution in [2.45, 2.75) is 12.7 Å². The fourth-order valence-corrected chi connectivity index (χ4v) is 3.30. The molecule has 0 saturated carbocycles. The standard InChI is InChI=1S/C18H19NO5S/c1-12-6-7-16(24-2)15(8-12)19-17(20)11-25(23)10-13-4-3-5-14(9-13)18(21)22/h3-9H,10-11H2,1-2H3,(H,19,20)(H,21,22). The smallest absolute Gasteiger partial charge is 0.335 e. The molecule has 0 heterocycles. The van der Waals surface area contributed by atoms with Crippen LogP contribution in [0.1, 0.15) is 21.5 Å². The minimum atomic E-state index is -1.46. The highest BCUT2D eigenvalue weighted by atomic mass is 32.2. The Hall–Kier alpha value is -2.67. The lowest BCUT2D eigenvalue weighted by Crippen LogP contribution is -2.20. The molecule has 0 spiro atoms. The first-order valence-electron chi connectivity index (χ1n) is 7.50. The maximum absolute atomic E-state index is 12.2. The lowest BCUT2D eigenvalue weighted by molar-refractivity contribution is -0.113. The quantitative estimate of drug-likeness (QED) is 0.791. The van der Waals surface area contributed by atoms with Crippen LogP contribution < -0.4 is 10.1 Å². The normalized spacial score (nSPS) is 11.6. The molecule has 7 heteroatoms. The minimum Gasteiger partial charge on any atom is -0.495 e. The average molecular weight is 361 g/mol. The first kappa shape index (κ1) is 18.7. The van der Waals surface area contributed by atoms with Crippen LogP contribution in [0.4, 0.5) is 5.69 Å². The third-order valence-electron chi connectivity index (χ3n) is 3.42. The number of aryl methyl sites for hydroxylation is 1. The fourth-order valence-electron chi connectivity index (χ4n) is 2.28. The number of hydrogen-bond acceptors (Lipinski definition) is 4. The van der Waals surface area contributed by atoms with E-state index < -0.39 is 22.7 Å². The lowest BCUT2D eigenvalue weighted by Gasteiger charge is -2.11. The van der Waals surface area contributed by atoms with Crippen LogP contribution in [0, 0.1) is 6.92 Å². The van der Waals surface area contributed by atoms with Crippen LogP contribution in [0.25, 0.3) is 0 Å². The van der Waals surface area contributed by atoms with E-state index in [1.54, 1.807) is 24.3 Å². The molecule has 2 rings (SSSR count). The third-order valence-corrected chi connectivity index (χ3v) is 4.66. The maximum atomic E-state index is 12.2. The third kappa shape index (κ3) is 5.42. The van der Waals surface area contributed by atoms with Gasteiger partial charge in [0.2, 0.25) is 5.91 Å². The number of benzene rings is 2. The summed E-state index contributed by atoms with van der Waals surface area (Å²) >= 11 is 0. The monoisotopic (exact) mass is 361 g/mol. The molecule has 132 valence electrons. The summed E-state index contributed by atoms with van der Waals surface area (Å²) in [6.07, 6.45) is 0. The van der Waals surface area contributed by atoms with Gasteiger partial charge in [-0.05, 0) is 42.3 Å². The van der Waals surface area contributed by atoms with Gasteiger partial charge in [-0.15, -0.1) is 0 Å². The van der Waals surface area contributed by atoms with Crippen LogP contribution in [0.3, 0.4) is 0 Å². The highest BCUT2D eigenvalue weighted by Crippen LogP contribution is 2.25. The average Bonchev–Trinajstić information content (AvgIpc) is 2.55. The first-order chi connectivity index (χ1) is 11.9. The van der Waals surface area contributed by atoms with Gasteiger partial charge in [0.1, 0.15) is 11.5 Å². The van der Waals surface area contributed by atoms with E-state index in [1.165, 1.54) is 19.2 Å².